The van der Waals surface area contributed by atoms with Crippen molar-refractivity contribution >= 4 is 22.6 Å². The number of rotatable bonds is 14. The number of carbonyl (C=O) groups is 1. The van der Waals surface area contributed by atoms with Gasteiger partial charge in [0, 0.05) is 39.1 Å². The minimum atomic E-state index is -0.501. The van der Waals surface area contributed by atoms with Crippen molar-refractivity contribution in [3.63, 3.8) is 0 Å². The predicted octanol–water partition coefficient (Wildman–Crippen LogP) is 2.21. The fraction of sp³-hybridized carbons (Fsp3) is 0.615. The average Bonchev–Trinajstić information content (AvgIpc) is 3.28. The van der Waals surface area contributed by atoms with Gasteiger partial charge in [-0.2, -0.15) is 5.10 Å². The molecule has 4 N–H and O–H groups in total. The van der Waals surface area contributed by atoms with Crippen molar-refractivity contribution in [2.75, 3.05) is 38.2 Å². The number of Topliss-reactive ketones (excluding diaryl/α,β-unsaturated/α-hetero) is 1. The van der Waals surface area contributed by atoms with Crippen molar-refractivity contribution in [1.82, 2.24) is 30.3 Å². The number of anilines is 1. The molecule has 11 heteroatoms. The zero-order chi connectivity index (χ0) is 26.2. The lowest BCUT2D eigenvalue weighted by Gasteiger charge is -2.29. The van der Waals surface area contributed by atoms with E-state index >= 15 is 0 Å². The fourth-order valence-electron chi connectivity index (χ4n) is 5.03. The van der Waals surface area contributed by atoms with Gasteiger partial charge >= 0.3 is 0 Å². The number of alkyl halides is 1. The number of aryl methyl sites for hydroxylation is 1. The molecule has 0 spiro atoms. The van der Waals surface area contributed by atoms with Gasteiger partial charge in [-0.05, 0) is 57.6 Å². The number of carbonyl (C=O) groups excluding carboxylic acids is 1. The highest BCUT2D eigenvalue weighted by molar-refractivity contribution is 5.89. The number of dihydropyridines is 1. The molecule has 2 atom stereocenters. The van der Waals surface area contributed by atoms with E-state index in [1.165, 1.54) is 24.1 Å². The van der Waals surface area contributed by atoms with Crippen LogP contribution in [0.1, 0.15) is 51.9 Å². The quantitative estimate of drug-likeness (QED) is 0.172. The van der Waals surface area contributed by atoms with E-state index < -0.39 is 6.04 Å². The summed E-state index contributed by atoms with van der Waals surface area (Å²) in [6.45, 7) is 4.39. The lowest BCUT2D eigenvalue weighted by atomic mass is 9.99. The Hall–Kier alpha value is -3.21. The van der Waals surface area contributed by atoms with E-state index in [9.17, 15) is 14.4 Å². The average molecular weight is 516 g/mol. The molecule has 0 bridgehead atoms. The molecule has 0 fully saturated rings. The summed E-state index contributed by atoms with van der Waals surface area (Å²) in [6.07, 6.45) is 13.9. The summed E-state index contributed by atoms with van der Waals surface area (Å²) in [5.74, 6) is 1.54. The molecule has 2 aromatic rings. The molecule has 2 unspecified atom stereocenters. The third-order valence-corrected chi connectivity index (χ3v) is 7.17. The highest BCUT2D eigenvalue weighted by atomic mass is 19.1. The third-order valence-electron chi connectivity index (χ3n) is 7.17. The topological polar surface area (TPSA) is 111 Å². The van der Waals surface area contributed by atoms with E-state index in [-0.39, 0.29) is 12.5 Å². The van der Waals surface area contributed by atoms with Crippen LogP contribution >= 0.6 is 0 Å². The summed E-state index contributed by atoms with van der Waals surface area (Å²) < 4.78 is 15.5. The van der Waals surface area contributed by atoms with E-state index in [0.29, 0.717) is 48.8 Å². The molecular formula is C26H40FN8O2+. The van der Waals surface area contributed by atoms with Crippen molar-refractivity contribution in [1.29, 1.82) is 0 Å². The van der Waals surface area contributed by atoms with Crippen molar-refractivity contribution in [2.24, 2.45) is 7.05 Å². The number of halogens is 1. The van der Waals surface area contributed by atoms with Crippen LogP contribution in [0.3, 0.4) is 0 Å². The van der Waals surface area contributed by atoms with Gasteiger partial charge in [0.2, 0.25) is 5.65 Å². The van der Waals surface area contributed by atoms with Crippen LogP contribution in [-0.2, 0) is 11.8 Å². The number of nitrogens with one attached hydrogen (secondary N) is 3. The molecule has 0 saturated heterocycles. The first-order chi connectivity index (χ1) is 18.0. The van der Waals surface area contributed by atoms with Gasteiger partial charge in [-0.3, -0.25) is 14.5 Å². The van der Waals surface area contributed by atoms with Crippen molar-refractivity contribution in [3.8, 4) is 0 Å². The Balaban J connectivity index is 1.28. The molecule has 0 radical (unpaired) electrons. The first-order valence-corrected chi connectivity index (χ1v) is 13.3. The molecule has 37 heavy (non-hydrogen) atoms. The maximum Gasteiger partial charge on any atom is 0.274 e. The first-order valence-electron chi connectivity index (χ1n) is 13.3. The van der Waals surface area contributed by atoms with Crippen LogP contribution in [0.5, 0.6) is 0 Å². The van der Waals surface area contributed by atoms with E-state index in [0.717, 1.165) is 43.5 Å². The highest BCUT2D eigenvalue weighted by Crippen LogP contribution is 2.21. The van der Waals surface area contributed by atoms with E-state index in [1.54, 1.807) is 24.9 Å². The summed E-state index contributed by atoms with van der Waals surface area (Å²) in [5.41, 5.74) is 1.98. The third kappa shape index (κ3) is 6.97. The fourth-order valence-corrected chi connectivity index (χ4v) is 5.03. The molecule has 4 heterocycles. The van der Waals surface area contributed by atoms with Crippen molar-refractivity contribution < 1.29 is 19.1 Å². The number of nitrogens with zero attached hydrogens (tertiary/aromatic N) is 5. The first kappa shape index (κ1) is 26.8. The minimum Gasteiger partial charge on any atom is -0.372 e. The van der Waals surface area contributed by atoms with E-state index in [2.05, 4.69) is 43.1 Å². The molecule has 2 aliphatic rings. The molecule has 2 aromatic heterocycles. The molecule has 0 amide bonds. The highest BCUT2D eigenvalue weighted by Gasteiger charge is 2.25. The Kier molecular flexibility index (Phi) is 9.32. The second-order valence-electron chi connectivity index (χ2n) is 9.96. The summed E-state index contributed by atoms with van der Waals surface area (Å²) in [7, 11) is 1.77. The Labute approximate surface area is 217 Å². The van der Waals surface area contributed by atoms with Crippen LogP contribution in [-0.4, -0.2) is 75.6 Å². The Morgan fingerprint density at radius 2 is 2.19 bits per heavy atom. The zero-order valence-electron chi connectivity index (χ0n) is 21.9. The van der Waals surface area contributed by atoms with Gasteiger partial charge in [0.1, 0.15) is 17.2 Å². The molecule has 2 aliphatic heterocycles. The molecule has 10 nitrogen and oxygen atoms in total. The number of hydrogen-bond acceptors (Lipinski definition) is 8. The maximum absolute atomic E-state index is 13.0. The number of ketones is 1. The molecule has 0 aromatic carbocycles. The smallest absolute Gasteiger partial charge is 0.274 e. The lowest BCUT2D eigenvalue weighted by Crippen LogP contribution is -2.41. The number of fused-ring (bicyclic) bond motifs is 1. The normalized spacial score (nSPS) is 18.0. The molecule has 0 saturated carbocycles. The number of hydrogen-bond donors (Lipinski definition) is 4. The monoisotopic (exact) mass is 515 g/mol. The van der Waals surface area contributed by atoms with Crippen LogP contribution in [0.15, 0.2) is 36.1 Å². The molecule has 202 valence electrons. The van der Waals surface area contributed by atoms with Crippen LogP contribution in [0.2, 0.25) is 0 Å². The van der Waals surface area contributed by atoms with E-state index in [4.69, 9.17) is 0 Å². The van der Waals surface area contributed by atoms with Crippen molar-refractivity contribution in [3.05, 3.63) is 36.1 Å². The number of unbranched alkanes of at least 4 members (excludes halogenated alkanes) is 1. The van der Waals surface area contributed by atoms with Gasteiger partial charge in [-0.15, -0.1) is 0 Å². The Bertz CT molecular complexity index is 1130. The van der Waals surface area contributed by atoms with Crippen LogP contribution in [0, 0.1) is 0 Å². The largest absolute Gasteiger partial charge is 0.372 e. The van der Waals surface area contributed by atoms with Gasteiger partial charge in [-0.25, -0.2) is 4.68 Å². The van der Waals surface area contributed by atoms with Gasteiger partial charge in [-0.1, -0.05) is 21.9 Å². The lowest BCUT2D eigenvalue weighted by molar-refractivity contribution is -0.894. The van der Waals surface area contributed by atoms with Crippen molar-refractivity contribution in [2.45, 2.75) is 64.0 Å². The van der Waals surface area contributed by atoms with Gasteiger partial charge in [0.05, 0.1) is 12.9 Å². The van der Waals surface area contributed by atoms with Crippen LogP contribution in [0.4, 0.5) is 10.2 Å². The number of aromatic nitrogens is 4. The maximum atomic E-state index is 13.0. The second kappa shape index (κ2) is 12.8. The standard InChI is InChI=1S/C26H39FN8O2/c1-19(36)23(32-26-22-17-30-33(2)25(22)29-18-35(26)37)11-16-34(15-6-12-27)14-4-3-8-21-10-9-20-7-5-13-28-24(20)31-21/h9-10,17-18,21,23,28,31,37H,3-8,11-16H2,1-2H3/p+1. The number of allylic oxidation sites excluding steroid dienone is 2. The summed E-state index contributed by atoms with van der Waals surface area (Å²) >= 11 is 0. The summed E-state index contributed by atoms with van der Waals surface area (Å²) in [6, 6.07) is -0.163. The van der Waals surface area contributed by atoms with Crippen LogP contribution in [0.25, 0.3) is 11.0 Å². The zero-order valence-corrected chi connectivity index (χ0v) is 21.9. The van der Waals surface area contributed by atoms with E-state index in [1.807, 2.05) is 0 Å². The van der Waals surface area contributed by atoms with Gasteiger partial charge in [0.25, 0.3) is 12.1 Å². The molecule has 0 aliphatic carbocycles. The SMILES string of the molecule is CC(=O)C(CCN(CCCF)CCCCC1C=CC2=C(NCCC2)N1)Nc1c2cnn(C)c2nc[n+]1O. The minimum absolute atomic E-state index is 0.0283. The summed E-state index contributed by atoms with van der Waals surface area (Å²) in [5, 5.41) is 25.4. The molecule has 4 rings (SSSR count). The predicted molar refractivity (Wildman–Crippen MR) is 140 cm³/mol. The van der Waals surface area contributed by atoms with Gasteiger partial charge in [0.15, 0.2) is 5.78 Å². The van der Waals surface area contributed by atoms with Crippen LogP contribution < -0.4 is 20.7 Å². The van der Waals surface area contributed by atoms with Gasteiger partial charge < -0.3 is 20.7 Å². The summed E-state index contributed by atoms with van der Waals surface area (Å²) in [4.78, 5) is 18.9. The Morgan fingerprint density at radius 1 is 1.35 bits per heavy atom. The second-order valence-corrected chi connectivity index (χ2v) is 9.96. The molecular weight excluding hydrogens is 475 g/mol. The Morgan fingerprint density at radius 3 is 3.00 bits per heavy atom.